The Balaban J connectivity index is 1.56. The van der Waals surface area contributed by atoms with Crippen LogP contribution in [0.3, 0.4) is 0 Å². The summed E-state index contributed by atoms with van der Waals surface area (Å²) in [5, 5.41) is 0.826. The van der Waals surface area contributed by atoms with Gasteiger partial charge in [-0.1, -0.05) is 23.7 Å². The fraction of sp³-hybridized carbons (Fsp3) is 0.294. The zero-order valence-electron chi connectivity index (χ0n) is 12.1. The van der Waals surface area contributed by atoms with Gasteiger partial charge in [0.2, 0.25) is 0 Å². The predicted octanol–water partition coefficient (Wildman–Crippen LogP) is 1.83. The minimum atomic E-state index is 0.823. The third-order valence-corrected chi connectivity index (χ3v) is 4.31. The molecule has 0 radical (unpaired) electrons. The van der Waals surface area contributed by atoms with E-state index in [0.29, 0.717) is 0 Å². The number of rotatable bonds is 3. The number of hydrogen-bond acceptors (Lipinski definition) is 2. The molecule has 0 bridgehead atoms. The van der Waals surface area contributed by atoms with Gasteiger partial charge in [-0.2, -0.15) is 0 Å². The SMILES string of the molecule is Nc1ccc(N2CC[NH+](Cc3cccc(Cl)c3)CC2)cc1. The fourth-order valence-electron chi connectivity index (χ4n) is 2.88. The Kier molecular flexibility index (Phi) is 4.32. The van der Waals surface area contributed by atoms with E-state index in [1.54, 1.807) is 4.90 Å². The topological polar surface area (TPSA) is 33.7 Å². The molecule has 1 fully saturated rings. The molecule has 1 saturated heterocycles. The lowest BCUT2D eigenvalue weighted by molar-refractivity contribution is -0.914. The molecule has 2 aromatic carbocycles. The van der Waals surface area contributed by atoms with E-state index in [0.717, 1.165) is 43.4 Å². The molecule has 0 spiro atoms. The number of nitrogens with two attached hydrogens (primary N) is 1. The summed E-state index contributed by atoms with van der Waals surface area (Å²) in [5.74, 6) is 0. The van der Waals surface area contributed by atoms with Crippen molar-refractivity contribution in [2.24, 2.45) is 0 Å². The van der Waals surface area contributed by atoms with Crippen molar-refractivity contribution in [3.05, 3.63) is 59.1 Å². The highest BCUT2D eigenvalue weighted by atomic mass is 35.5. The number of benzene rings is 2. The summed E-state index contributed by atoms with van der Waals surface area (Å²) in [4.78, 5) is 4.05. The normalized spacial score (nSPS) is 16.1. The molecule has 0 saturated carbocycles. The molecule has 21 heavy (non-hydrogen) atoms. The first-order chi connectivity index (χ1) is 10.2. The highest BCUT2D eigenvalue weighted by Crippen LogP contribution is 2.16. The van der Waals surface area contributed by atoms with Gasteiger partial charge in [-0.25, -0.2) is 0 Å². The Hall–Kier alpha value is -1.71. The summed E-state index contributed by atoms with van der Waals surface area (Å²) < 4.78 is 0. The lowest BCUT2D eigenvalue weighted by Gasteiger charge is -2.33. The first-order valence-corrected chi connectivity index (χ1v) is 7.77. The maximum atomic E-state index is 6.05. The van der Waals surface area contributed by atoms with Gasteiger partial charge >= 0.3 is 0 Å². The van der Waals surface area contributed by atoms with Crippen molar-refractivity contribution in [2.45, 2.75) is 6.54 Å². The molecule has 0 amide bonds. The van der Waals surface area contributed by atoms with Gasteiger partial charge in [0.15, 0.2) is 0 Å². The minimum absolute atomic E-state index is 0.823. The largest absolute Gasteiger partial charge is 0.399 e. The molecule has 4 heteroatoms. The Morgan fingerprint density at radius 2 is 1.76 bits per heavy atom. The van der Waals surface area contributed by atoms with Gasteiger partial charge in [0.05, 0.1) is 26.2 Å². The van der Waals surface area contributed by atoms with Gasteiger partial charge in [0.25, 0.3) is 0 Å². The number of hydrogen-bond donors (Lipinski definition) is 2. The van der Waals surface area contributed by atoms with E-state index >= 15 is 0 Å². The number of nitrogens with one attached hydrogen (secondary N) is 1. The zero-order chi connectivity index (χ0) is 14.7. The number of quaternary nitrogens is 1. The molecule has 0 atom stereocenters. The highest BCUT2D eigenvalue weighted by Gasteiger charge is 2.20. The second-order valence-corrected chi connectivity index (χ2v) is 6.07. The first-order valence-electron chi connectivity index (χ1n) is 7.39. The van der Waals surface area contributed by atoms with Crippen molar-refractivity contribution >= 4 is 23.0 Å². The Morgan fingerprint density at radius 3 is 2.43 bits per heavy atom. The zero-order valence-corrected chi connectivity index (χ0v) is 12.8. The van der Waals surface area contributed by atoms with Crippen molar-refractivity contribution in [3.63, 3.8) is 0 Å². The van der Waals surface area contributed by atoms with Crippen molar-refractivity contribution < 1.29 is 4.90 Å². The maximum absolute atomic E-state index is 6.05. The van der Waals surface area contributed by atoms with Gasteiger partial charge in [0, 0.05) is 22.0 Å². The van der Waals surface area contributed by atoms with Crippen molar-refractivity contribution in [1.29, 1.82) is 0 Å². The van der Waals surface area contributed by atoms with Crippen LogP contribution in [0.4, 0.5) is 11.4 Å². The van der Waals surface area contributed by atoms with Crippen LogP contribution in [0.5, 0.6) is 0 Å². The third kappa shape index (κ3) is 3.69. The lowest BCUT2D eigenvalue weighted by atomic mass is 10.2. The van der Waals surface area contributed by atoms with Crippen LogP contribution in [0.25, 0.3) is 0 Å². The van der Waals surface area contributed by atoms with Crippen LogP contribution in [-0.2, 0) is 6.54 Å². The molecule has 3 rings (SSSR count). The van der Waals surface area contributed by atoms with Gasteiger partial charge in [-0.15, -0.1) is 0 Å². The van der Waals surface area contributed by atoms with E-state index in [2.05, 4.69) is 29.2 Å². The first kappa shape index (κ1) is 14.2. The van der Waals surface area contributed by atoms with Crippen LogP contribution in [0, 0.1) is 0 Å². The number of nitrogens with zero attached hydrogens (tertiary/aromatic N) is 1. The van der Waals surface area contributed by atoms with Gasteiger partial charge in [-0.3, -0.25) is 0 Å². The Morgan fingerprint density at radius 1 is 1.05 bits per heavy atom. The fourth-order valence-corrected chi connectivity index (χ4v) is 3.09. The van der Waals surface area contributed by atoms with E-state index in [1.807, 2.05) is 24.3 Å². The van der Waals surface area contributed by atoms with E-state index in [4.69, 9.17) is 17.3 Å². The molecule has 3 N–H and O–H groups in total. The van der Waals surface area contributed by atoms with Crippen LogP contribution in [0.15, 0.2) is 48.5 Å². The quantitative estimate of drug-likeness (QED) is 0.848. The number of nitrogen functional groups attached to an aromatic ring is 1. The van der Waals surface area contributed by atoms with Crippen LogP contribution in [0.2, 0.25) is 5.02 Å². The molecule has 3 nitrogen and oxygen atoms in total. The van der Waals surface area contributed by atoms with Crippen molar-refractivity contribution in [2.75, 3.05) is 36.8 Å². The van der Waals surface area contributed by atoms with E-state index in [1.165, 1.54) is 11.3 Å². The molecule has 0 unspecified atom stereocenters. The molecule has 2 aromatic rings. The van der Waals surface area contributed by atoms with E-state index < -0.39 is 0 Å². The minimum Gasteiger partial charge on any atom is -0.399 e. The van der Waals surface area contributed by atoms with Gasteiger partial charge in [0.1, 0.15) is 6.54 Å². The maximum Gasteiger partial charge on any atom is 0.103 e. The number of anilines is 2. The predicted molar refractivity (Wildman–Crippen MR) is 88.9 cm³/mol. The van der Waals surface area contributed by atoms with Crippen LogP contribution < -0.4 is 15.5 Å². The van der Waals surface area contributed by atoms with Crippen LogP contribution in [-0.4, -0.2) is 26.2 Å². The summed E-state index contributed by atoms with van der Waals surface area (Å²) in [6, 6.07) is 16.4. The molecule has 1 aliphatic heterocycles. The molecule has 1 aliphatic rings. The van der Waals surface area contributed by atoms with E-state index in [9.17, 15) is 0 Å². The average Bonchev–Trinajstić information content (AvgIpc) is 2.49. The highest BCUT2D eigenvalue weighted by molar-refractivity contribution is 6.30. The summed E-state index contributed by atoms with van der Waals surface area (Å²) in [5.41, 5.74) is 9.15. The molecular weight excluding hydrogens is 282 g/mol. The monoisotopic (exact) mass is 302 g/mol. The van der Waals surface area contributed by atoms with E-state index in [-0.39, 0.29) is 0 Å². The van der Waals surface area contributed by atoms with Crippen LogP contribution in [0.1, 0.15) is 5.56 Å². The van der Waals surface area contributed by atoms with Crippen molar-refractivity contribution in [3.8, 4) is 0 Å². The summed E-state index contributed by atoms with van der Waals surface area (Å²) in [6.45, 7) is 5.52. The smallest absolute Gasteiger partial charge is 0.103 e. The average molecular weight is 303 g/mol. The second-order valence-electron chi connectivity index (χ2n) is 5.64. The summed E-state index contributed by atoms with van der Waals surface area (Å²) in [6.07, 6.45) is 0. The Bertz CT molecular complexity index is 589. The molecular formula is C17H21ClN3+. The standard InChI is InChI=1S/C17H20ClN3/c18-15-3-1-2-14(12-15)13-20-8-10-21(11-9-20)17-6-4-16(19)5-7-17/h1-7,12H,8-11,13,19H2/p+1. The lowest BCUT2D eigenvalue weighted by Crippen LogP contribution is -3.13. The third-order valence-electron chi connectivity index (χ3n) is 4.07. The number of piperazine rings is 1. The Labute approximate surface area is 130 Å². The molecule has 110 valence electrons. The molecule has 0 aromatic heterocycles. The summed E-state index contributed by atoms with van der Waals surface area (Å²) >= 11 is 6.05. The second kappa shape index (κ2) is 6.37. The van der Waals surface area contributed by atoms with Crippen molar-refractivity contribution in [1.82, 2.24) is 0 Å². The van der Waals surface area contributed by atoms with Gasteiger partial charge in [-0.05, 0) is 36.4 Å². The number of halogens is 1. The summed E-state index contributed by atoms with van der Waals surface area (Å²) in [7, 11) is 0. The van der Waals surface area contributed by atoms with Gasteiger partial charge < -0.3 is 15.5 Å². The van der Waals surface area contributed by atoms with Crippen LogP contribution >= 0.6 is 11.6 Å². The molecule has 1 heterocycles. The molecule has 0 aliphatic carbocycles.